The summed E-state index contributed by atoms with van der Waals surface area (Å²) in [6.07, 6.45) is 19.2. The Balaban J connectivity index is 0.000000133. The summed E-state index contributed by atoms with van der Waals surface area (Å²) in [6, 6.07) is 11.6. The first-order valence-electron chi connectivity index (χ1n) is 24.6. The van der Waals surface area contributed by atoms with Crippen LogP contribution in [0, 0.1) is 0 Å². The van der Waals surface area contributed by atoms with E-state index in [1.54, 1.807) is 12.3 Å². The molecule has 0 unspecified atom stereocenters. The molecule has 6 aromatic rings. The third-order valence-electron chi connectivity index (χ3n) is 15.0. The van der Waals surface area contributed by atoms with Crippen LogP contribution in [0.1, 0.15) is 85.2 Å². The minimum absolute atomic E-state index is 0.0279. The topological polar surface area (TPSA) is 231 Å². The largest absolute Gasteiger partial charge is 0.384 e. The number of carbonyl (C=O) groups excluding carboxylic acids is 2. The first-order valence-corrected chi connectivity index (χ1v) is 26.5. The van der Waals surface area contributed by atoms with Gasteiger partial charge in [0.1, 0.15) is 34.3 Å². The van der Waals surface area contributed by atoms with Gasteiger partial charge in [-0.2, -0.15) is 9.97 Å². The van der Waals surface area contributed by atoms with E-state index in [0.717, 1.165) is 114 Å². The Morgan fingerprint density at radius 1 is 0.600 bits per heavy atom. The Kier molecular flexibility index (Phi) is 13.1. The highest BCUT2D eigenvalue weighted by Gasteiger charge is 2.43. The Bertz CT molecular complexity index is 2970. The van der Waals surface area contributed by atoms with Crippen molar-refractivity contribution < 1.29 is 18.0 Å². The molecule has 70 heavy (non-hydrogen) atoms. The summed E-state index contributed by atoms with van der Waals surface area (Å²) in [5, 5.41) is 10.8. The predicted molar refractivity (Wildman–Crippen MR) is 271 cm³/mol. The lowest BCUT2D eigenvalue weighted by Gasteiger charge is -2.42. The first kappa shape index (κ1) is 47.2. The maximum Gasteiger partial charge on any atom is 0.268 e. The lowest BCUT2D eigenvalue weighted by molar-refractivity contribution is 0.0827. The van der Waals surface area contributed by atoms with E-state index in [1.165, 1.54) is 37.6 Å². The molecule has 2 amide bonds. The zero-order valence-corrected chi connectivity index (χ0v) is 41.2. The molecule has 0 atom stereocenters. The molecule has 5 N–H and O–H groups in total. The van der Waals surface area contributed by atoms with E-state index in [2.05, 4.69) is 85.2 Å². The van der Waals surface area contributed by atoms with Crippen molar-refractivity contribution in [1.82, 2.24) is 59.5 Å². The number of amides is 2. The van der Waals surface area contributed by atoms with Crippen molar-refractivity contribution in [3.05, 3.63) is 72.6 Å². The number of nitrogen functional groups attached to an aromatic ring is 1. The minimum atomic E-state index is -3.49. The van der Waals surface area contributed by atoms with E-state index >= 15 is 0 Å². The maximum absolute atomic E-state index is 12.6. The fraction of sp³-hybridized carbons (Fsp3) is 0.510. The van der Waals surface area contributed by atoms with Gasteiger partial charge in [0.2, 0.25) is 20.9 Å². The number of likely N-dealkylation sites (N-methyl/N-ethyl adjacent to an activating group) is 2. The first-order chi connectivity index (χ1) is 33.8. The van der Waals surface area contributed by atoms with Crippen molar-refractivity contribution >= 4 is 72.7 Å². The highest BCUT2D eigenvalue weighted by Crippen LogP contribution is 2.42. The van der Waals surface area contributed by atoms with Crippen molar-refractivity contribution in [3.63, 3.8) is 0 Å². The summed E-state index contributed by atoms with van der Waals surface area (Å²) >= 11 is 0. The number of pyridine rings is 2. The standard InChI is InChI=1S/C24H30N8O.C15H18N4O3S.C10H16N4/c1-30-9-11-31(12-10-30)18-5-6-20(25-15-18)28-23-26-14-17-13-19-22(33)27-16-24(7-3-2-4-8-24)32(19)21(17)29-23;1-23(21,22)14-16-8-10-7-11-13(20)17-9-15(5-3-2-4-6-15)19(11)12(10)18-14;1-13-4-6-14(7-5-13)9-2-3-10(11)12-8-9/h5-6,13-15H,2-4,7-12,16H2,1H3,(H,27,33)(H,25,26,28,29);7-8H,2-6,9H2,1H3,(H,17,20);2-3,8H,4-7H2,1H3,(H2,11,12). The molecule has 4 fully saturated rings. The van der Waals surface area contributed by atoms with Gasteiger partial charge in [-0.1, -0.05) is 38.5 Å². The fourth-order valence-corrected chi connectivity index (χ4v) is 11.5. The number of sulfone groups is 1. The average Bonchev–Trinajstić information content (AvgIpc) is 3.97. The normalized spacial score (nSPS) is 20.2. The van der Waals surface area contributed by atoms with Gasteiger partial charge in [0.15, 0.2) is 0 Å². The van der Waals surface area contributed by atoms with Crippen LogP contribution < -0.4 is 31.5 Å². The van der Waals surface area contributed by atoms with Crippen molar-refractivity contribution in [1.29, 1.82) is 0 Å². The molecular formula is C49H64N16O4S. The van der Waals surface area contributed by atoms with Crippen LogP contribution in [0.5, 0.6) is 0 Å². The van der Waals surface area contributed by atoms with Crippen LogP contribution in [-0.4, -0.2) is 155 Å². The second kappa shape index (κ2) is 19.4. The van der Waals surface area contributed by atoms with Gasteiger partial charge in [0.05, 0.1) is 34.8 Å². The van der Waals surface area contributed by atoms with Crippen LogP contribution in [0.3, 0.4) is 0 Å². The quantitative estimate of drug-likeness (QED) is 0.176. The monoisotopic (exact) mass is 973 g/mol. The van der Waals surface area contributed by atoms with Crippen LogP contribution in [0.4, 0.5) is 29.0 Å². The van der Waals surface area contributed by atoms with Crippen molar-refractivity contribution in [3.8, 4) is 0 Å². The molecule has 10 heterocycles. The summed E-state index contributed by atoms with van der Waals surface area (Å²) < 4.78 is 27.7. The zero-order valence-electron chi connectivity index (χ0n) is 40.4. The van der Waals surface area contributed by atoms with E-state index in [4.69, 9.17) is 10.7 Å². The Morgan fingerprint density at radius 2 is 1.09 bits per heavy atom. The number of fused-ring (bicyclic) bond motifs is 8. The van der Waals surface area contributed by atoms with Crippen LogP contribution in [0.2, 0.25) is 0 Å². The zero-order chi connectivity index (χ0) is 48.6. The summed E-state index contributed by atoms with van der Waals surface area (Å²) in [7, 11) is 0.818. The van der Waals surface area contributed by atoms with Gasteiger partial charge < -0.3 is 50.4 Å². The minimum Gasteiger partial charge on any atom is -0.384 e. The summed E-state index contributed by atoms with van der Waals surface area (Å²) in [5.41, 5.74) is 10.2. The number of nitrogens with zero attached hydrogens (tertiary/aromatic N) is 12. The molecule has 0 radical (unpaired) electrons. The van der Waals surface area contributed by atoms with Crippen LogP contribution >= 0.6 is 0 Å². The summed E-state index contributed by atoms with van der Waals surface area (Å²) in [5.74, 6) is 1.63. The molecule has 0 bridgehead atoms. The average molecular weight is 973 g/mol. The van der Waals surface area contributed by atoms with Crippen molar-refractivity contribution in [2.45, 2.75) is 80.4 Å². The third-order valence-corrected chi connectivity index (χ3v) is 15.9. The molecule has 6 aliphatic rings. The highest BCUT2D eigenvalue weighted by atomic mass is 32.2. The number of carbonyl (C=O) groups is 2. The Labute approximate surface area is 408 Å². The second-order valence-corrected chi connectivity index (χ2v) is 21.8. The number of nitrogens with one attached hydrogen (secondary N) is 3. The van der Waals surface area contributed by atoms with Gasteiger partial charge >= 0.3 is 0 Å². The highest BCUT2D eigenvalue weighted by molar-refractivity contribution is 7.90. The second-order valence-electron chi connectivity index (χ2n) is 19.9. The van der Waals surface area contributed by atoms with Gasteiger partial charge in [0, 0.05) is 94.9 Å². The van der Waals surface area contributed by atoms with Gasteiger partial charge in [-0.3, -0.25) is 9.59 Å². The number of hydrogen-bond donors (Lipinski definition) is 4. The number of piperazine rings is 2. The number of hydrogen-bond acceptors (Lipinski definition) is 16. The Morgan fingerprint density at radius 3 is 1.56 bits per heavy atom. The lowest BCUT2D eigenvalue weighted by atomic mass is 9.80. The molecule has 2 saturated carbocycles. The van der Waals surface area contributed by atoms with Crippen molar-refractivity contribution in [2.75, 3.05) is 107 Å². The molecule has 0 aromatic carbocycles. The maximum atomic E-state index is 12.6. The molecule has 20 nitrogen and oxygen atoms in total. The van der Waals surface area contributed by atoms with Crippen LogP contribution in [0.25, 0.3) is 22.1 Å². The molecule has 4 aliphatic heterocycles. The molecule has 2 saturated heterocycles. The number of aromatic nitrogens is 8. The van der Waals surface area contributed by atoms with Gasteiger partial charge in [-0.05, 0) is 76.2 Å². The smallest absolute Gasteiger partial charge is 0.268 e. The molecule has 370 valence electrons. The van der Waals surface area contributed by atoms with Crippen LogP contribution in [0.15, 0.2) is 66.3 Å². The van der Waals surface area contributed by atoms with E-state index < -0.39 is 9.84 Å². The number of rotatable bonds is 5. The number of anilines is 5. The summed E-state index contributed by atoms with van der Waals surface area (Å²) in [6.45, 7) is 9.77. The number of nitrogens with two attached hydrogens (primary N) is 1. The van der Waals surface area contributed by atoms with E-state index in [0.29, 0.717) is 53.1 Å². The van der Waals surface area contributed by atoms with Crippen molar-refractivity contribution in [2.24, 2.45) is 0 Å². The summed E-state index contributed by atoms with van der Waals surface area (Å²) in [4.78, 5) is 60.5. The predicted octanol–water partition coefficient (Wildman–Crippen LogP) is 4.38. The molecule has 2 aliphatic carbocycles. The van der Waals surface area contributed by atoms with Gasteiger partial charge in [0.25, 0.3) is 11.8 Å². The molecule has 12 rings (SSSR count). The molecular weight excluding hydrogens is 909 g/mol. The lowest BCUT2D eigenvalue weighted by Crippen LogP contribution is -2.52. The van der Waals surface area contributed by atoms with E-state index in [9.17, 15) is 18.0 Å². The molecule has 6 aromatic heterocycles. The van der Waals surface area contributed by atoms with E-state index in [-0.39, 0.29) is 28.0 Å². The van der Waals surface area contributed by atoms with Gasteiger partial charge in [-0.15, -0.1) is 0 Å². The SMILES string of the molecule is CN1CCN(c2ccc(N)nc2)CC1.CN1CCN(c2ccc(Nc3ncc4cc5n(c4n3)C3(CCCCC3)CNC5=O)nc2)CC1.CS(=O)(=O)c1ncc2cc3n(c2n1)C1(CCCCC1)CNC3=O. The fourth-order valence-electron chi connectivity index (χ4n) is 11.0. The van der Waals surface area contributed by atoms with Crippen LogP contribution in [-0.2, 0) is 20.9 Å². The molecule has 21 heteroatoms. The molecule has 2 spiro atoms. The Hall–Kier alpha value is -6.45. The third kappa shape index (κ3) is 9.57. The van der Waals surface area contributed by atoms with E-state index in [1.807, 2.05) is 41.2 Å². The van der Waals surface area contributed by atoms with Gasteiger partial charge in [-0.25, -0.2) is 28.4 Å².